The molecule has 0 aromatic carbocycles. The lowest BCUT2D eigenvalue weighted by Gasteiger charge is -2.23. The molecule has 3 N–H and O–H groups in total. The van der Waals surface area contributed by atoms with Gasteiger partial charge in [-0.15, -0.1) is 0 Å². The highest BCUT2D eigenvalue weighted by molar-refractivity contribution is 5.82. The normalized spacial score (nSPS) is 26.4. The van der Waals surface area contributed by atoms with Gasteiger partial charge in [-0.25, -0.2) is 9.59 Å². The second kappa shape index (κ2) is 6.61. The lowest BCUT2D eigenvalue weighted by Crippen LogP contribution is -2.51. The number of urea groups is 1. The van der Waals surface area contributed by atoms with Gasteiger partial charge in [-0.3, -0.25) is 0 Å². The third-order valence-electron chi connectivity index (χ3n) is 3.94. The van der Waals surface area contributed by atoms with Gasteiger partial charge < -0.3 is 15.7 Å². The zero-order valence-corrected chi connectivity index (χ0v) is 11.4. The van der Waals surface area contributed by atoms with Gasteiger partial charge in [0, 0.05) is 6.04 Å². The first-order valence-corrected chi connectivity index (χ1v) is 6.75. The summed E-state index contributed by atoms with van der Waals surface area (Å²) < 4.78 is 0. The van der Waals surface area contributed by atoms with E-state index in [9.17, 15) is 9.59 Å². The van der Waals surface area contributed by atoms with Gasteiger partial charge in [0.15, 0.2) is 0 Å². The van der Waals surface area contributed by atoms with Crippen molar-refractivity contribution in [3.63, 3.8) is 0 Å². The van der Waals surface area contributed by atoms with Gasteiger partial charge in [-0.1, -0.05) is 33.6 Å². The highest BCUT2D eigenvalue weighted by atomic mass is 16.4. The number of amides is 2. The molecule has 18 heavy (non-hydrogen) atoms. The Balaban J connectivity index is 2.48. The van der Waals surface area contributed by atoms with Crippen LogP contribution in [0.25, 0.3) is 0 Å². The molecule has 1 saturated carbocycles. The first kappa shape index (κ1) is 14.8. The van der Waals surface area contributed by atoms with E-state index < -0.39 is 12.0 Å². The van der Waals surface area contributed by atoms with Crippen LogP contribution in [0.15, 0.2) is 0 Å². The molecule has 5 heteroatoms. The highest BCUT2D eigenvalue weighted by Gasteiger charge is 2.28. The molecule has 5 nitrogen and oxygen atoms in total. The van der Waals surface area contributed by atoms with Crippen molar-refractivity contribution in [2.75, 3.05) is 0 Å². The van der Waals surface area contributed by atoms with E-state index in [0.29, 0.717) is 5.92 Å². The van der Waals surface area contributed by atoms with Crippen molar-refractivity contribution in [3.8, 4) is 0 Å². The second-order valence-corrected chi connectivity index (χ2v) is 5.33. The summed E-state index contributed by atoms with van der Waals surface area (Å²) >= 11 is 0. The fourth-order valence-corrected chi connectivity index (χ4v) is 2.39. The first-order valence-electron chi connectivity index (χ1n) is 6.75. The van der Waals surface area contributed by atoms with Crippen LogP contribution < -0.4 is 10.6 Å². The number of nitrogens with one attached hydrogen (secondary N) is 2. The fourth-order valence-electron chi connectivity index (χ4n) is 2.39. The molecule has 4 atom stereocenters. The van der Waals surface area contributed by atoms with Crippen molar-refractivity contribution < 1.29 is 14.7 Å². The third kappa shape index (κ3) is 3.89. The van der Waals surface area contributed by atoms with Crippen LogP contribution in [0, 0.1) is 11.8 Å². The van der Waals surface area contributed by atoms with Gasteiger partial charge in [0.25, 0.3) is 0 Å². The van der Waals surface area contributed by atoms with Crippen LogP contribution >= 0.6 is 0 Å². The highest BCUT2D eigenvalue weighted by Crippen LogP contribution is 2.24. The van der Waals surface area contributed by atoms with E-state index in [1.165, 1.54) is 0 Å². The Hall–Kier alpha value is -1.26. The second-order valence-electron chi connectivity index (χ2n) is 5.33. The molecule has 2 amide bonds. The number of hydrogen-bond acceptors (Lipinski definition) is 2. The molecule has 0 spiro atoms. The van der Waals surface area contributed by atoms with Gasteiger partial charge in [-0.05, 0) is 24.7 Å². The van der Waals surface area contributed by atoms with E-state index in [-0.39, 0.29) is 18.0 Å². The number of carboxylic acids is 1. The summed E-state index contributed by atoms with van der Waals surface area (Å²) in [6.07, 6.45) is 3.95. The summed E-state index contributed by atoms with van der Waals surface area (Å²) in [6, 6.07) is -0.996. The molecule has 1 aliphatic carbocycles. The maximum absolute atomic E-state index is 11.8. The van der Waals surface area contributed by atoms with Gasteiger partial charge in [-0.2, -0.15) is 0 Å². The standard InChI is InChI=1S/C13H24N2O3/c1-4-8(2)11(12(16)17)15-13(18)14-10-7-5-6-9(10)3/h8-11H,4-7H2,1-3H3,(H,16,17)(H2,14,15,18). The predicted molar refractivity (Wildman–Crippen MR) is 69.3 cm³/mol. The summed E-state index contributed by atoms with van der Waals surface area (Å²) in [5, 5.41) is 14.5. The van der Waals surface area contributed by atoms with E-state index in [0.717, 1.165) is 25.7 Å². The van der Waals surface area contributed by atoms with E-state index in [1.807, 2.05) is 13.8 Å². The number of carboxylic acid groups (broad SMARTS) is 1. The summed E-state index contributed by atoms with van der Waals surface area (Å²) in [5.41, 5.74) is 0. The lowest BCUT2D eigenvalue weighted by atomic mass is 9.99. The minimum atomic E-state index is -0.973. The van der Waals surface area contributed by atoms with Gasteiger partial charge in [0.2, 0.25) is 0 Å². The number of aliphatic carboxylic acids is 1. The average Bonchev–Trinajstić information content (AvgIpc) is 2.70. The van der Waals surface area contributed by atoms with Gasteiger partial charge in [0.1, 0.15) is 6.04 Å². The third-order valence-corrected chi connectivity index (χ3v) is 3.94. The van der Waals surface area contributed by atoms with Crippen LogP contribution in [-0.2, 0) is 4.79 Å². The molecule has 0 aromatic heterocycles. The van der Waals surface area contributed by atoms with Crippen molar-refractivity contribution >= 4 is 12.0 Å². The fraction of sp³-hybridized carbons (Fsp3) is 0.846. The Bertz CT molecular complexity index is 307. The molecular weight excluding hydrogens is 232 g/mol. The topological polar surface area (TPSA) is 78.4 Å². The molecule has 0 saturated heterocycles. The summed E-state index contributed by atoms with van der Waals surface area (Å²) in [7, 11) is 0. The largest absolute Gasteiger partial charge is 0.480 e. The minimum absolute atomic E-state index is 0.0748. The maximum atomic E-state index is 11.8. The average molecular weight is 256 g/mol. The summed E-state index contributed by atoms with van der Waals surface area (Å²) in [6.45, 7) is 5.86. The lowest BCUT2D eigenvalue weighted by molar-refractivity contribution is -0.140. The molecule has 1 fully saturated rings. The van der Waals surface area contributed by atoms with Gasteiger partial charge >= 0.3 is 12.0 Å². The molecule has 0 aliphatic heterocycles. The van der Waals surface area contributed by atoms with Gasteiger partial charge in [0.05, 0.1) is 0 Å². The Kier molecular flexibility index (Phi) is 5.44. The van der Waals surface area contributed by atoms with Crippen molar-refractivity contribution in [1.29, 1.82) is 0 Å². The minimum Gasteiger partial charge on any atom is -0.480 e. The van der Waals surface area contributed by atoms with Crippen molar-refractivity contribution in [3.05, 3.63) is 0 Å². The number of carbonyl (C=O) groups excluding carboxylic acids is 1. The number of carbonyl (C=O) groups is 2. The molecule has 4 unspecified atom stereocenters. The molecule has 104 valence electrons. The summed E-state index contributed by atoms with van der Waals surface area (Å²) in [4.78, 5) is 22.9. The van der Waals surface area contributed by atoms with Crippen LogP contribution in [0.4, 0.5) is 4.79 Å². The monoisotopic (exact) mass is 256 g/mol. The quantitative estimate of drug-likeness (QED) is 0.703. The molecule has 0 bridgehead atoms. The smallest absolute Gasteiger partial charge is 0.326 e. The van der Waals surface area contributed by atoms with Crippen molar-refractivity contribution in [1.82, 2.24) is 10.6 Å². The predicted octanol–water partition coefficient (Wildman–Crippen LogP) is 1.97. The Morgan fingerprint density at radius 2 is 2.06 bits per heavy atom. The van der Waals surface area contributed by atoms with Crippen LogP contribution in [0.3, 0.4) is 0 Å². The van der Waals surface area contributed by atoms with E-state index in [4.69, 9.17) is 5.11 Å². The molecule has 0 heterocycles. The van der Waals surface area contributed by atoms with Crippen LogP contribution in [-0.4, -0.2) is 29.2 Å². The molecule has 0 aromatic rings. The van der Waals surface area contributed by atoms with Crippen molar-refractivity contribution in [2.45, 2.75) is 58.5 Å². The van der Waals surface area contributed by atoms with Crippen LogP contribution in [0.5, 0.6) is 0 Å². The SMILES string of the molecule is CCC(C)C(NC(=O)NC1CCCC1C)C(=O)O. The maximum Gasteiger partial charge on any atom is 0.326 e. The number of hydrogen-bond donors (Lipinski definition) is 3. The molecule has 1 rings (SSSR count). The molecule has 0 radical (unpaired) electrons. The Labute approximate surface area is 108 Å². The Morgan fingerprint density at radius 3 is 2.50 bits per heavy atom. The van der Waals surface area contributed by atoms with E-state index in [1.54, 1.807) is 0 Å². The molecule has 1 aliphatic rings. The van der Waals surface area contributed by atoms with Crippen LogP contribution in [0.2, 0.25) is 0 Å². The van der Waals surface area contributed by atoms with Crippen molar-refractivity contribution in [2.24, 2.45) is 11.8 Å². The van der Waals surface area contributed by atoms with E-state index in [2.05, 4.69) is 17.6 Å². The first-order chi connectivity index (χ1) is 8.45. The zero-order chi connectivity index (χ0) is 13.7. The zero-order valence-electron chi connectivity index (χ0n) is 11.4. The molecular formula is C13H24N2O3. The Morgan fingerprint density at radius 1 is 1.39 bits per heavy atom. The van der Waals surface area contributed by atoms with E-state index >= 15 is 0 Å². The summed E-state index contributed by atoms with van der Waals surface area (Å²) in [5.74, 6) is -0.573. The van der Waals surface area contributed by atoms with Crippen LogP contribution in [0.1, 0.15) is 46.5 Å². The number of rotatable bonds is 5.